The summed E-state index contributed by atoms with van der Waals surface area (Å²) in [4.78, 5) is 21.2. The Bertz CT molecular complexity index is 274. The van der Waals surface area contributed by atoms with Gasteiger partial charge in [-0.1, -0.05) is 0 Å². The van der Waals surface area contributed by atoms with Crippen LogP contribution in [0.25, 0.3) is 0 Å². The van der Waals surface area contributed by atoms with Gasteiger partial charge in [-0.25, -0.2) is 0 Å². The van der Waals surface area contributed by atoms with Crippen LogP contribution in [0.3, 0.4) is 0 Å². The van der Waals surface area contributed by atoms with Gasteiger partial charge >= 0.3 is 11.9 Å². The molecular weight excluding hydrogens is 276 g/mol. The lowest BCUT2D eigenvalue weighted by atomic mass is 10.0. The fraction of sp³-hybridized carbons (Fsp3) is 0.800. The molecule has 0 aromatic rings. The normalized spacial score (nSPS) is 10.9. The zero-order valence-electron chi connectivity index (χ0n) is 11.2. The Morgan fingerprint density at radius 3 is 1.65 bits per heavy atom. The van der Waals surface area contributed by atoms with E-state index in [1.807, 2.05) is 0 Å². The van der Waals surface area contributed by atoms with Crippen molar-refractivity contribution in [3.05, 3.63) is 0 Å². The molecule has 10 heteroatoms. The van der Waals surface area contributed by atoms with Crippen molar-refractivity contribution >= 4 is 11.9 Å². The number of rotatable bonds is 9. The highest BCUT2D eigenvalue weighted by Gasteiger charge is 2.27. The summed E-state index contributed by atoms with van der Waals surface area (Å²) in [7, 11) is 1.52. The van der Waals surface area contributed by atoms with Crippen molar-refractivity contribution in [3.63, 3.8) is 0 Å². The van der Waals surface area contributed by atoms with E-state index in [9.17, 15) is 9.59 Å². The van der Waals surface area contributed by atoms with Gasteiger partial charge in [0, 0.05) is 0 Å². The van der Waals surface area contributed by atoms with Gasteiger partial charge in [0.25, 0.3) is 0 Å². The highest BCUT2D eigenvalue weighted by atomic mass is 16.4. The van der Waals surface area contributed by atoms with Crippen molar-refractivity contribution in [3.8, 4) is 0 Å². The van der Waals surface area contributed by atoms with Gasteiger partial charge < -0.3 is 30.6 Å². The summed E-state index contributed by atoms with van der Waals surface area (Å²) in [6.45, 7) is -2.31. The van der Waals surface area contributed by atoms with Gasteiger partial charge in [0.15, 0.2) is 0 Å². The molecule has 0 aromatic carbocycles. The molecular formula is C10H22N2O8. The highest BCUT2D eigenvalue weighted by molar-refractivity contribution is 5.69. The van der Waals surface area contributed by atoms with Crippen LogP contribution in [0, 0.1) is 0 Å². The SMILES string of the molecule is CN(CO)CC(=O)O.O=C(O)CNC(CO)(CO)CO. The number of aliphatic hydroxyl groups excluding tert-OH is 4. The number of hydrogen-bond donors (Lipinski definition) is 7. The summed E-state index contributed by atoms with van der Waals surface area (Å²) in [5.74, 6) is -2.05. The Morgan fingerprint density at radius 1 is 1.00 bits per heavy atom. The molecule has 0 amide bonds. The Morgan fingerprint density at radius 2 is 1.45 bits per heavy atom. The standard InChI is InChI=1S/C6H13NO5.C4H9NO3/c8-2-6(3-9,4-10)7-1-5(11)12;1-5(3-6)2-4(7)8/h7-10H,1-4H2,(H,11,12);6H,2-3H2,1H3,(H,7,8). The molecule has 0 bridgehead atoms. The quantitative estimate of drug-likeness (QED) is 0.210. The first-order valence-corrected chi connectivity index (χ1v) is 5.57. The van der Waals surface area contributed by atoms with Crippen molar-refractivity contribution < 1.29 is 40.2 Å². The molecule has 0 saturated heterocycles. The Labute approximate surface area is 115 Å². The molecule has 0 aliphatic carbocycles. The lowest BCUT2D eigenvalue weighted by Crippen LogP contribution is -2.56. The third kappa shape index (κ3) is 10.6. The fourth-order valence-corrected chi connectivity index (χ4v) is 0.862. The molecule has 0 aliphatic rings. The van der Waals surface area contributed by atoms with Crippen LogP contribution in [-0.4, -0.2) is 99.7 Å². The Hall–Kier alpha value is -1.30. The summed E-state index contributed by atoms with van der Waals surface area (Å²) in [5, 5.41) is 53.0. The van der Waals surface area contributed by atoms with Gasteiger partial charge in [-0.2, -0.15) is 0 Å². The first kappa shape index (κ1) is 21.0. The van der Waals surface area contributed by atoms with Crippen LogP contribution in [0.15, 0.2) is 0 Å². The number of carboxylic acids is 2. The smallest absolute Gasteiger partial charge is 0.317 e. The molecule has 0 radical (unpaired) electrons. The number of hydrogen-bond acceptors (Lipinski definition) is 8. The molecule has 0 unspecified atom stereocenters. The summed E-state index contributed by atoms with van der Waals surface area (Å²) >= 11 is 0. The number of nitrogens with one attached hydrogen (secondary N) is 1. The predicted octanol–water partition coefficient (Wildman–Crippen LogP) is -3.67. The predicted molar refractivity (Wildman–Crippen MR) is 67.0 cm³/mol. The van der Waals surface area contributed by atoms with Crippen molar-refractivity contribution in [2.45, 2.75) is 5.54 Å². The van der Waals surface area contributed by atoms with E-state index in [0.29, 0.717) is 0 Å². The van der Waals surface area contributed by atoms with Crippen LogP contribution in [0.5, 0.6) is 0 Å². The number of aliphatic carboxylic acids is 2. The molecule has 0 saturated carbocycles. The van der Waals surface area contributed by atoms with E-state index in [0.717, 1.165) is 0 Å². The van der Waals surface area contributed by atoms with E-state index in [2.05, 4.69) is 5.32 Å². The molecule has 0 heterocycles. The number of carboxylic acid groups (broad SMARTS) is 2. The zero-order valence-corrected chi connectivity index (χ0v) is 11.2. The second-order valence-corrected chi connectivity index (χ2v) is 4.05. The number of likely N-dealkylation sites (N-methyl/N-ethyl adjacent to an activating group) is 1. The van der Waals surface area contributed by atoms with Crippen LogP contribution in [0.2, 0.25) is 0 Å². The summed E-state index contributed by atoms with van der Waals surface area (Å²) in [6, 6.07) is 0. The van der Waals surface area contributed by atoms with Gasteiger partial charge in [-0.05, 0) is 7.05 Å². The molecule has 20 heavy (non-hydrogen) atoms. The minimum atomic E-state index is -1.31. The zero-order chi connectivity index (χ0) is 16.2. The summed E-state index contributed by atoms with van der Waals surface area (Å²) in [6.07, 6.45) is 0. The third-order valence-electron chi connectivity index (χ3n) is 2.17. The molecule has 0 aliphatic heterocycles. The van der Waals surface area contributed by atoms with Gasteiger partial charge in [0.2, 0.25) is 0 Å². The van der Waals surface area contributed by atoms with Crippen LogP contribution in [-0.2, 0) is 9.59 Å². The number of nitrogens with zero attached hydrogens (tertiary/aromatic N) is 1. The maximum atomic E-state index is 10.1. The largest absolute Gasteiger partial charge is 0.480 e. The monoisotopic (exact) mass is 298 g/mol. The van der Waals surface area contributed by atoms with Crippen molar-refractivity contribution in [2.24, 2.45) is 0 Å². The van der Waals surface area contributed by atoms with Crippen LogP contribution in [0.4, 0.5) is 0 Å². The molecule has 120 valence electrons. The maximum Gasteiger partial charge on any atom is 0.317 e. The fourth-order valence-electron chi connectivity index (χ4n) is 0.862. The first-order chi connectivity index (χ1) is 9.26. The van der Waals surface area contributed by atoms with Gasteiger partial charge in [-0.3, -0.25) is 19.8 Å². The molecule has 0 rings (SSSR count). The van der Waals surface area contributed by atoms with E-state index in [-0.39, 0.29) is 13.3 Å². The lowest BCUT2D eigenvalue weighted by molar-refractivity contribution is -0.139. The average Bonchev–Trinajstić information content (AvgIpc) is 2.40. The van der Waals surface area contributed by atoms with E-state index < -0.39 is 43.8 Å². The molecule has 10 nitrogen and oxygen atoms in total. The first-order valence-electron chi connectivity index (χ1n) is 5.57. The van der Waals surface area contributed by atoms with Gasteiger partial charge in [0.05, 0.1) is 45.2 Å². The van der Waals surface area contributed by atoms with Crippen molar-refractivity contribution in [1.29, 1.82) is 0 Å². The van der Waals surface area contributed by atoms with Crippen LogP contribution >= 0.6 is 0 Å². The number of carbonyl (C=O) groups is 2. The van der Waals surface area contributed by atoms with Crippen LogP contribution < -0.4 is 5.32 Å². The van der Waals surface area contributed by atoms with Gasteiger partial charge in [0.1, 0.15) is 0 Å². The second kappa shape index (κ2) is 11.5. The maximum absolute atomic E-state index is 10.1. The second-order valence-electron chi connectivity index (χ2n) is 4.05. The third-order valence-corrected chi connectivity index (χ3v) is 2.17. The van der Waals surface area contributed by atoms with E-state index >= 15 is 0 Å². The topological polar surface area (TPSA) is 171 Å². The van der Waals surface area contributed by atoms with E-state index in [4.69, 9.17) is 30.6 Å². The summed E-state index contributed by atoms with van der Waals surface area (Å²) < 4.78 is 0. The molecule has 0 aromatic heterocycles. The highest BCUT2D eigenvalue weighted by Crippen LogP contribution is 2.00. The summed E-state index contributed by atoms with van der Waals surface area (Å²) in [5.41, 5.74) is -1.31. The van der Waals surface area contributed by atoms with Crippen molar-refractivity contribution in [1.82, 2.24) is 10.2 Å². The minimum Gasteiger partial charge on any atom is -0.480 e. The Kier molecular flexibility index (Phi) is 12.1. The van der Waals surface area contributed by atoms with Crippen LogP contribution in [0.1, 0.15) is 0 Å². The molecule has 7 N–H and O–H groups in total. The molecule has 0 atom stereocenters. The van der Waals surface area contributed by atoms with Gasteiger partial charge in [-0.15, -0.1) is 0 Å². The molecule has 0 spiro atoms. The lowest BCUT2D eigenvalue weighted by Gasteiger charge is -2.27. The molecule has 0 fully saturated rings. The van der Waals surface area contributed by atoms with E-state index in [1.165, 1.54) is 11.9 Å². The minimum absolute atomic E-state index is 0.115. The Balaban J connectivity index is 0. The number of aliphatic hydroxyl groups is 4. The van der Waals surface area contributed by atoms with E-state index in [1.54, 1.807) is 0 Å². The average molecular weight is 298 g/mol. The van der Waals surface area contributed by atoms with Crippen molar-refractivity contribution in [2.75, 3.05) is 46.7 Å².